The third kappa shape index (κ3) is 1.41. The Labute approximate surface area is 105 Å². The number of esters is 1. The van der Waals surface area contributed by atoms with Crippen molar-refractivity contribution in [3.63, 3.8) is 0 Å². The standard InChI is InChI=1S/C13H18O5/c14-11-12(15)6-8(16-11)10-9(7-12)17-13(18-10)4-2-1-3-5-13/h8-10,15H,1-7H2. The SMILES string of the molecule is O=C1OC2CC1(O)CC1OC3(CCCCC3)OC21. The van der Waals surface area contributed by atoms with Gasteiger partial charge in [-0.05, 0) is 12.8 Å². The number of hydrogen-bond donors (Lipinski definition) is 1. The zero-order valence-electron chi connectivity index (χ0n) is 10.3. The number of rotatable bonds is 0. The Balaban J connectivity index is 1.59. The predicted molar refractivity (Wildman–Crippen MR) is 59.6 cm³/mol. The summed E-state index contributed by atoms with van der Waals surface area (Å²) in [5, 5.41) is 10.2. The lowest BCUT2D eigenvalue weighted by Gasteiger charge is -2.32. The highest BCUT2D eigenvalue weighted by atomic mass is 16.8. The molecule has 1 spiro atoms. The molecule has 2 saturated carbocycles. The normalized spacial score (nSPS) is 49.2. The lowest BCUT2D eigenvalue weighted by molar-refractivity contribution is -0.203. The first-order chi connectivity index (χ1) is 8.60. The minimum absolute atomic E-state index is 0.185. The summed E-state index contributed by atoms with van der Waals surface area (Å²) in [4.78, 5) is 11.6. The Kier molecular flexibility index (Phi) is 2.16. The third-order valence-corrected chi connectivity index (χ3v) is 4.78. The highest BCUT2D eigenvalue weighted by Crippen LogP contribution is 2.49. The van der Waals surface area contributed by atoms with E-state index in [2.05, 4.69) is 0 Å². The van der Waals surface area contributed by atoms with Crippen LogP contribution in [-0.4, -0.2) is 40.8 Å². The summed E-state index contributed by atoms with van der Waals surface area (Å²) in [5.74, 6) is -0.979. The molecule has 0 amide bonds. The molecular weight excluding hydrogens is 236 g/mol. The van der Waals surface area contributed by atoms with Gasteiger partial charge in [0.05, 0.1) is 6.10 Å². The number of hydrogen-bond acceptors (Lipinski definition) is 5. The second-order valence-corrected chi connectivity index (χ2v) is 6.09. The molecule has 4 atom stereocenters. The van der Waals surface area contributed by atoms with Crippen molar-refractivity contribution < 1.29 is 24.1 Å². The van der Waals surface area contributed by atoms with E-state index in [0.29, 0.717) is 12.8 Å². The minimum atomic E-state index is -1.34. The number of fused-ring (bicyclic) bond motifs is 4. The zero-order chi connectivity index (χ0) is 12.4. The number of aliphatic hydroxyl groups is 1. The van der Waals surface area contributed by atoms with Crippen LogP contribution in [0.1, 0.15) is 44.9 Å². The molecule has 2 saturated heterocycles. The van der Waals surface area contributed by atoms with Gasteiger partial charge < -0.3 is 19.3 Å². The molecule has 1 N–H and O–H groups in total. The van der Waals surface area contributed by atoms with Crippen LogP contribution in [0.5, 0.6) is 0 Å². The smallest absolute Gasteiger partial charge is 0.338 e. The number of ether oxygens (including phenoxy) is 3. The van der Waals surface area contributed by atoms with Gasteiger partial charge in [0.2, 0.25) is 0 Å². The van der Waals surface area contributed by atoms with Gasteiger partial charge in [0.25, 0.3) is 0 Å². The summed E-state index contributed by atoms with van der Waals surface area (Å²) in [5.41, 5.74) is -1.34. The molecule has 18 heavy (non-hydrogen) atoms. The molecule has 2 aliphatic carbocycles. The van der Waals surface area contributed by atoms with Crippen LogP contribution < -0.4 is 0 Å². The van der Waals surface area contributed by atoms with Gasteiger partial charge in [-0.15, -0.1) is 0 Å². The second-order valence-electron chi connectivity index (χ2n) is 6.09. The summed E-state index contributed by atoms with van der Waals surface area (Å²) >= 11 is 0. The van der Waals surface area contributed by atoms with Gasteiger partial charge in [0.1, 0.15) is 12.2 Å². The summed E-state index contributed by atoms with van der Waals surface area (Å²) in [7, 11) is 0. The number of carbonyl (C=O) groups is 1. The maximum Gasteiger partial charge on any atom is 0.338 e. The molecular formula is C13H18O5. The molecule has 2 heterocycles. The maximum absolute atomic E-state index is 11.6. The van der Waals surface area contributed by atoms with Gasteiger partial charge in [0.15, 0.2) is 11.4 Å². The maximum atomic E-state index is 11.6. The fourth-order valence-electron chi connectivity index (χ4n) is 3.88. The van der Waals surface area contributed by atoms with Crippen molar-refractivity contribution >= 4 is 5.97 Å². The van der Waals surface area contributed by atoms with Crippen molar-refractivity contribution in [2.45, 2.75) is 74.6 Å². The van der Waals surface area contributed by atoms with Gasteiger partial charge >= 0.3 is 5.97 Å². The van der Waals surface area contributed by atoms with Crippen molar-refractivity contribution in [1.82, 2.24) is 0 Å². The van der Waals surface area contributed by atoms with E-state index in [1.54, 1.807) is 0 Å². The molecule has 0 aromatic carbocycles. The van der Waals surface area contributed by atoms with Crippen molar-refractivity contribution in [2.75, 3.05) is 0 Å². The van der Waals surface area contributed by atoms with E-state index in [1.807, 2.05) is 0 Å². The molecule has 2 bridgehead atoms. The molecule has 4 aliphatic rings. The number of carbonyl (C=O) groups excluding carboxylic acids is 1. The molecule has 5 nitrogen and oxygen atoms in total. The van der Waals surface area contributed by atoms with Crippen LogP contribution in [0, 0.1) is 0 Å². The van der Waals surface area contributed by atoms with Crippen LogP contribution in [0.4, 0.5) is 0 Å². The van der Waals surface area contributed by atoms with Crippen LogP contribution in [0.2, 0.25) is 0 Å². The van der Waals surface area contributed by atoms with Gasteiger partial charge in [-0.25, -0.2) is 4.79 Å². The monoisotopic (exact) mass is 254 g/mol. The van der Waals surface area contributed by atoms with E-state index in [1.165, 1.54) is 6.42 Å². The van der Waals surface area contributed by atoms with Gasteiger partial charge in [-0.1, -0.05) is 6.42 Å². The van der Waals surface area contributed by atoms with E-state index >= 15 is 0 Å². The Bertz CT molecular complexity index is 389. The van der Waals surface area contributed by atoms with Crippen molar-refractivity contribution in [2.24, 2.45) is 0 Å². The van der Waals surface area contributed by atoms with Crippen LogP contribution in [0.25, 0.3) is 0 Å². The predicted octanol–water partition coefficient (Wildman–Crippen LogP) is 0.881. The fraction of sp³-hybridized carbons (Fsp3) is 0.923. The topological polar surface area (TPSA) is 65.0 Å². The lowest BCUT2D eigenvalue weighted by atomic mass is 9.82. The van der Waals surface area contributed by atoms with E-state index in [-0.39, 0.29) is 18.3 Å². The zero-order valence-corrected chi connectivity index (χ0v) is 10.3. The molecule has 0 aromatic heterocycles. The largest absolute Gasteiger partial charge is 0.457 e. The molecule has 2 aliphatic heterocycles. The van der Waals surface area contributed by atoms with Crippen LogP contribution in [0.3, 0.4) is 0 Å². The Morgan fingerprint density at radius 1 is 1.06 bits per heavy atom. The highest BCUT2D eigenvalue weighted by Gasteiger charge is 2.63. The highest BCUT2D eigenvalue weighted by molar-refractivity contribution is 5.82. The third-order valence-electron chi connectivity index (χ3n) is 4.78. The van der Waals surface area contributed by atoms with E-state index in [9.17, 15) is 9.90 Å². The Hall–Kier alpha value is -0.650. The first kappa shape index (κ1) is 11.2. The summed E-state index contributed by atoms with van der Waals surface area (Å²) < 4.78 is 17.4. The average Bonchev–Trinajstić information content (AvgIpc) is 2.79. The molecule has 4 unspecified atom stereocenters. The quantitative estimate of drug-likeness (QED) is 0.650. The van der Waals surface area contributed by atoms with E-state index in [0.717, 1.165) is 25.7 Å². The average molecular weight is 254 g/mol. The van der Waals surface area contributed by atoms with Gasteiger partial charge in [-0.2, -0.15) is 0 Å². The van der Waals surface area contributed by atoms with Crippen LogP contribution in [-0.2, 0) is 19.0 Å². The molecule has 4 fully saturated rings. The molecule has 0 radical (unpaired) electrons. The molecule has 0 aromatic rings. The van der Waals surface area contributed by atoms with E-state index in [4.69, 9.17) is 14.2 Å². The minimum Gasteiger partial charge on any atom is -0.457 e. The van der Waals surface area contributed by atoms with E-state index < -0.39 is 17.4 Å². The fourth-order valence-corrected chi connectivity index (χ4v) is 3.88. The van der Waals surface area contributed by atoms with Crippen molar-refractivity contribution in [1.29, 1.82) is 0 Å². The van der Waals surface area contributed by atoms with Gasteiger partial charge in [0, 0.05) is 25.7 Å². The first-order valence-corrected chi connectivity index (χ1v) is 6.89. The second kappa shape index (κ2) is 3.46. The first-order valence-electron chi connectivity index (χ1n) is 6.89. The van der Waals surface area contributed by atoms with Crippen molar-refractivity contribution in [3.8, 4) is 0 Å². The van der Waals surface area contributed by atoms with Crippen LogP contribution in [0.15, 0.2) is 0 Å². The molecule has 4 rings (SSSR count). The van der Waals surface area contributed by atoms with Crippen LogP contribution >= 0.6 is 0 Å². The van der Waals surface area contributed by atoms with Crippen molar-refractivity contribution in [3.05, 3.63) is 0 Å². The molecule has 100 valence electrons. The van der Waals surface area contributed by atoms with Gasteiger partial charge in [-0.3, -0.25) is 0 Å². The molecule has 5 heteroatoms. The Morgan fingerprint density at radius 3 is 2.56 bits per heavy atom. The summed E-state index contributed by atoms with van der Waals surface area (Å²) in [6, 6.07) is 0. The lowest BCUT2D eigenvalue weighted by Crippen LogP contribution is -2.47. The summed E-state index contributed by atoms with van der Waals surface area (Å²) in [6.45, 7) is 0. The Morgan fingerprint density at radius 2 is 1.78 bits per heavy atom. The summed E-state index contributed by atoms with van der Waals surface area (Å²) in [6.07, 6.45) is 5.25.